The summed E-state index contributed by atoms with van der Waals surface area (Å²) in [6.07, 6.45) is 0.830. The third-order valence-electron chi connectivity index (χ3n) is 1.94. The smallest absolute Gasteiger partial charge is 0.130 e. The molecule has 4 N–H and O–H groups in total. The van der Waals surface area contributed by atoms with Gasteiger partial charge in [0.2, 0.25) is 0 Å². The number of aromatic nitrogens is 1. The summed E-state index contributed by atoms with van der Waals surface area (Å²) in [5.74, 6) is 0. The van der Waals surface area contributed by atoms with E-state index in [1.807, 2.05) is 24.3 Å². The standard InChI is InChI=1S/C9H10N2O/c10-9(12)7-5-11-8-4-2-1-3-6(7)8/h1-5,9,11-12H,10H2. The van der Waals surface area contributed by atoms with Gasteiger partial charge in [-0.3, -0.25) is 0 Å². The number of aromatic amines is 1. The highest BCUT2D eigenvalue weighted by atomic mass is 16.3. The van der Waals surface area contributed by atoms with Gasteiger partial charge >= 0.3 is 0 Å². The Kier molecular flexibility index (Phi) is 1.60. The lowest BCUT2D eigenvalue weighted by Crippen LogP contribution is -2.07. The molecule has 1 atom stereocenters. The molecule has 62 valence electrons. The highest BCUT2D eigenvalue weighted by Crippen LogP contribution is 2.20. The van der Waals surface area contributed by atoms with Gasteiger partial charge in [-0.15, -0.1) is 0 Å². The molecular weight excluding hydrogens is 152 g/mol. The van der Waals surface area contributed by atoms with Gasteiger partial charge in [0, 0.05) is 22.7 Å². The topological polar surface area (TPSA) is 62.0 Å². The molecule has 0 amide bonds. The number of aliphatic hydroxyl groups is 1. The summed E-state index contributed by atoms with van der Waals surface area (Å²) in [4.78, 5) is 3.03. The Bertz CT molecular complexity index is 392. The maximum atomic E-state index is 9.17. The summed E-state index contributed by atoms with van der Waals surface area (Å²) < 4.78 is 0. The fourth-order valence-corrected chi connectivity index (χ4v) is 1.34. The molecule has 1 aromatic heterocycles. The number of para-hydroxylation sites is 1. The quantitative estimate of drug-likeness (QED) is 0.550. The Morgan fingerprint density at radius 2 is 2.08 bits per heavy atom. The van der Waals surface area contributed by atoms with Gasteiger partial charge in [0.25, 0.3) is 0 Å². The lowest BCUT2D eigenvalue weighted by atomic mass is 10.1. The summed E-state index contributed by atoms with van der Waals surface area (Å²) in [7, 11) is 0. The number of nitrogens with two attached hydrogens (primary N) is 1. The molecule has 0 spiro atoms. The summed E-state index contributed by atoms with van der Waals surface area (Å²) >= 11 is 0. The second-order valence-electron chi connectivity index (χ2n) is 2.73. The zero-order chi connectivity index (χ0) is 8.55. The van der Waals surface area contributed by atoms with E-state index in [4.69, 9.17) is 10.8 Å². The summed E-state index contributed by atoms with van der Waals surface area (Å²) in [6, 6.07) is 7.73. The molecule has 1 aromatic carbocycles. The molecule has 12 heavy (non-hydrogen) atoms. The second-order valence-corrected chi connectivity index (χ2v) is 2.73. The van der Waals surface area contributed by atoms with E-state index in [1.165, 1.54) is 0 Å². The van der Waals surface area contributed by atoms with E-state index in [9.17, 15) is 0 Å². The molecule has 2 rings (SSSR count). The molecule has 2 aromatic rings. The van der Waals surface area contributed by atoms with Crippen LogP contribution in [0.4, 0.5) is 0 Å². The fraction of sp³-hybridized carbons (Fsp3) is 0.111. The minimum Gasteiger partial charge on any atom is -0.374 e. The summed E-state index contributed by atoms with van der Waals surface area (Å²) in [5.41, 5.74) is 7.10. The minimum atomic E-state index is -0.902. The average molecular weight is 162 g/mol. The van der Waals surface area contributed by atoms with Crippen LogP contribution in [0.15, 0.2) is 30.5 Å². The molecule has 3 nitrogen and oxygen atoms in total. The zero-order valence-corrected chi connectivity index (χ0v) is 6.49. The number of rotatable bonds is 1. The summed E-state index contributed by atoms with van der Waals surface area (Å²) in [5, 5.41) is 10.1. The SMILES string of the molecule is NC(O)c1c[nH]c2ccccc12. The van der Waals surface area contributed by atoms with Crippen molar-refractivity contribution in [2.45, 2.75) is 6.23 Å². The first-order chi connectivity index (χ1) is 5.79. The van der Waals surface area contributed by atoms with Crippen LogP contribution in [0.1, 0.15) is 11.8 Å². The molecule has 0 saturated heterocycles. The van der Waals surface area contributed by atoms with Crippen LogP contribution in [0, 0.1) is 0 Å². The molecule has 0 aliphatic rings. The lowest BCUT2D eigenvalue weighted by Gasteiger charge is -2.00. The van der Waals surface area contributed by atoms with Crippen molar-refractivity contribution in [3.8, 4) is 0 Å². The van der Waals surface area contributed by atoms with Crippen LogP contribution in [0.5, 0.6) is 0 Å². The molecule has 0 aliphatic heterocycles. The molecule has 0 bridgehead atoms. The van der Waals surface area contributed by atoms with E-state index in [-0.39, 0.29) is 0 Å². The van der Waals surface area contributed by atoms with Crippen molar-refractivity contribution in [2.24, 2.45) is 5.73 Å². The lowest BCUT2D eigenvalue weighted by molar-refractivity contribution is 0.188. The van der Waals surface area contributed by atoms with Crippen molar-refractivity contribution < 1.29 is 5.11 Å². The highest BCUT2D eigenvalue weighted by molar-refractivity contribution is 5.83. The van der Waals surface area contributed by atoms with Crippen LogP contribution < -0.4 is 5.73 Å². The first kappa shape index (κ1) is 7.34. The van der Waals surface area contributed by atoms with Crippen LogP contribution in [-0.4, -0.2) is 10.1 Å². The van der Waals surface area contributed by atoms with Gasteiger partial charge in [-0.1, -0.05) is 18.2 Å². The third kappa shape index (κ3) is 0.995. The molecule has 1 unspecified atom stereocenters. The van der Waals surface area contributed by atoms with Crippen molar-refractivity contribution in [1.29, 1.82) is 0 Å². The Balaban J connectivity index is 2.70. The van der Waals surface area contributed by atoms with Crippen LogP contribution >= 0.6 is 0 Å². The average Bonchev–Trinajstić information content (AvgIpc) is 2.47. The van der Waals surface area contributed by atoms with Crippen molar-refractivity contribution in [3.05, 3.63) is 36.0 Å². The van der Waals surface area contributed by atoms with E-state index in [2.05, 4.69) is 4.98 Å². The number of aliphatic hydroxyl groups excluding tert-OH is 1. The maximum absolute atomic E-state index is 9.17. The van der Waals surface area contributed by atoms with E-state index in [1.54, 1.807) is 6.20 Å². The number of nitrogens with one attached hydrogen (secondary N) is 1. The molecule has 0 fully saturated rings. The van der Waals surface area contributed by atoms with Crippen molar-refractivity contribution in [2.75, 3.05) is 0 Å². The predicted octanol–water partition coefficient (Wildman–Crippen LogP) is 1.12. The van der Waals surface area contributed by atoms with Crippen LogP contribution in [-0.2, 0) is 0 Å². The van der Waals surface area contributed by atoms with Gasteiger partial charge < -0.3 is 15.8 Å². The number of hydrogen-bond acceptors (Lipinski definition) is 2. The largest absolute Gasteiger partial charge is 0.374 e. The Hall–Kier alpha value is -1.32. The van der Waals surface area contributed by atoms with Gasteiger partial charge in [0.1, 0.15) is 6.23 Å². The number of benzene rings is 1. The highest BCUT2D eigenvalue weighted by Gasteiger charge is 2.06. The van der Waals surface area contributed by atoms with E-state index in [0.29, 0.717) is 0 Å². The minimum absolute atomic E-state index is 0.741. The van der Waals surface area contributed by atoms with Gasteiger partial charge in [-0.05, 0) is 6.07 Å². The Labute approximate surface area is 69.8 Å². The maximum Gasteiger partial charge on any atom is 0.130 e. The number of fused-ring (bicyclic) bond motifs is 1. The van der Waals surface area contributed by atoms with E-state index >= 15 is 0 Å². The molecule has 3 heteroatoms. The number of H-pyrrole nitrogens is 1. The molecular formula is C9H10N2O. The monoisotopic (exact) mass is 162 g/mol. The van der Waals surface area contributed by atoms with Crippen LogP contribution in [0.3, 0.4) is 0 Å². The first-order valence-corrected chi connectivity index (χ1v) is 3.78. The van der Waals surface area contributed by atoms with Crippen molar-refractivity contribution >= 4 is 10.9 Å². The van der Waals surface area contributed by atoms with Crippen molar-refractivity contribution in [3.63, 3.8) is 0 Å². The van der Waals surface area contributed by atoms with E-state index < -0.39 is 6.23 Å². The molecule has 0 radical (unpaired) electrons. The first-order valence-electron chi connectivity index (χ1n) is 3.78. The predicted molar refractivity (Wildman–Crippen MR) is 47.4 cm³/mol. The van der Waals surface area contributed by atoms with Crippen LogP contribution in [0.2, 0.25) is 0 Å². The van der Waals surface area contributed by atoms with Crippen molar-refractivity contribution in [1.82, 2.24) is 4.98 Å². The van der Waals surface area contributed by atoms with Crippen LogP contribution in [0.25, 0.3) is 10.9 Å². The third-order valence-corrected chi connectivity index (χ3v) is 1.94. The van der Waals surface area contributed by atoms with Gasteiger partial charge in [-0.2, -0.15) is 0 Å². The summed E-state index contributed by atoms with van der Waals surface area (Å²) in [6.45, 7) is 0. The normalized spacial score (nSPS) is 13.5. The number of hydrogen-bond donors (Lipinski definition) is 3. The molecule has 0 aliphatic carbocycles. The Morgan fingerprint density at radius 3 is 2.83 bits per heavy atom. The second kappa shape index (κ2) is 2.62. The van der Waals surface area contributed by atoms with Gasteiger partial charge in [0.15, 0.2) is 0 Å². The van der Waals surface area contributed by atoms with Gasteiger partial charge in [-0.25, -0.2) is 0 Å². The molecule has 0 saturated carbocycles. The van der Waals surface area contributed by atoms with Gasteiger partial charge in [0.05, 0.1) is 0 Å². The fourth-order valence-electron chi connectivity index (χ4n) is 1.34. The zero-order valence-electron chi connectivity index (χ0n) is 6.49. The Morgan fingerprint density at radius 1 is 1.33 bits per heavy atom. The van der Waals surface area contributed by atoms with E-state index in [0.717, 1.165) is 16.5 Å². The molecule has 1 heterocycles.